The molecule has 82 valence electrons. The van der Waals surface area contributed by atoms with Crippen LogP contribution < -0.4 is 5.73 Å². The summed E-state index contributed by atoms with van der Waals surface area (Å²) >= 11 is 1.67. The van der Waals surface area contributed by atoms with E-state index >= 15 is 0 Å². The fourth-order valence-corrected chi connectivity index (χ4v) is 2.28. The van der Waals surface area contributed by atoms with Gasteiger partial charge in [-0.05, 0) is 24.6 Å². The molecule has 0 bridgehead atoms. The molecule has 0 fully saturated rings. The number of nitrogens with one attached hydrogen (secondary N) is 1. The molecule has 0 aliphatic rings. The number of nitrogens with two attached hydrogens (primary N) is 1. The van der Waals surface area contributed by atoms with Gasteiger partial charge in [0.2, 0.25) is 0 Å². The number of hydrogen-bond acceptors (Lipinski definition) is 3. The first kappa shape index (κ1) is 12.1. The van der Waals surface area contributed by atoms with E-state index in [1.807, 2.05) is 19.1 Å². The Labute approximate surface area is 94.5 Å². The molecule has 0 aromatic heterocycles. The van der Waals surface area contributed by atoms with Crippen LogP contribution in [0.1, 0.15) is 11.1 Å². The van der Waals surface area contributed by atoms with Crippen molar-refractivity contribution in [3.63, 3.8) is 0 Å². The molecule has 3 nitrogen and oxygen atoms in total. The van der Waals surface area contributed by atoms with Gasteiger partial charge in [0.1, 0.15) is 5.84 Å². The fraction of sp³-hybridized carbons (Fsp3) is 0.364. The lowest BCUT2D eigenvalue weighted by atomic mass is 10.1. The van der Waals surface area contributed by atoms with Gasteiger partial charge >= 0.3 is 0 Å². The summed E-state index contributed by atoms with van der Waals surface area (Å²) in [4.78, 5) is 1.06. The van der Waals surface area contributed by atoms with Crippen LogP contribution in [0.4, 0.5) is 0 Å². The fourth-order valence-electron chi connectivity index (χ4n) is 1.21. The van der Waals surface area contributed by atoms with Crippen molar-refractivity contribution in [3.05, 3.63) is 29.3 Å². The van der Waals surface area contributed by atoms with E-state index in [1.54, 1.807) is 18.9 Å². The van der Waals surface area contributed by atoms with E-state index in [9.17, 15) is 0 Å². The smallest absolute Gasteiger partial charge is 0.123 e. The van der Waals surface area contributed by atoms with Gasteiger partial charge in [-0.15, -0.1) is 11.8 Å². The van der Waals surface area contributed by atoms with E-state index in [1.165, 1.54) is 5.56 Å². The first-order valence-electron chi connectivity index (χ1n) is 4.72. The minimum absolute atomic E-state index is 0.120. The van der Waals surface area contributed by atoms with Crippen LogP contribution in [0.15, 0.2) is 23.1 Å². The van der Waals surface area contributed by atoms with Crippen molar-refractivity contribution >= 4 is 17.6 Å². The Kier molecular flexibility index (Phi) is 4.65. The highest BCUT2D eigenvalue weighted by Gasteiger charge is 2.05. The van der Waals surface area contributed by atoms with Crippen LogP contribution in [-0.4, -0.2) is 25.3 Å². The molecule has 0 amide bonds. The number of rotatable bonds is 5. The van der Waals surface area contributed by atoms with E-state index in [-0.39, 0.29) is 5.84 Å². The second-order valence-corrected chi connectivity index (χ2v) is 4.39. The van der Waals surface area contributed by atoms with Gasteiger partial charge in [0.05, 0.1) is 6.61 Å². The lowest BCUT2D eigenvalue weighted by molar-refractivity contribution is 0.218. The summed E-state index contributed by atoms with van der Waals surface area (Å²) in [5, 5.41) is 7.46. The molecule has 15 heavy (non-hydrogen) atoms. The largest absolute Gasteiger partial charge is 0.384 e. The van der Waals surface area contributed by atoms with E-state index in [0.29, 0.717) is 6.61 Å². The maximum atomic E-state index is 7.46. The van der Waals surface area contributed by atoms with Crippen molar-refractivity contribution in [2.75, 3.05) is 19.5 Å². The maximum Gasteiger partial charge on any atom is 0.123 e. The van der Waals surface area contributed by atoms with Gasteiger partial charge in [-0.2, -0.15) is 0 Å². The van der Waals surface area contributed by atoms with E-state index in [2.05, 4.69) is 6.07 Å². The number of aryl methyl sites for hydroxylation is 1. The minimum atomic E-state index is 0.120. The highest BCUT2D eigenvalue weighted by molar-refractivity contribution is 7.99. The summed E-state index contributed by atoms with van der Waals surface area (Å²) in [6, 6.07) is 5.92. The number of ether oxygens (including phenoxy) is 1. The molecule has 0 aliphatic carbocycles. The van der Waals surface area contributed by atoms with Crippen molar-refractivity contribution < 1.29 is 4.74 Å². The molecular weight excluding hydrogens is 208 g/mol. The van der Waals surface area contributed by atoms with Crippen molar-refractivity contribution in [2.45, 2.75) is 11.8 Å². The zero-order valence-corrected chi connectivity index (χ0v) is 9.86. The van der Waals surface area contributed by atoms with Gasteiger partial charge in [0, 0.05) is 23.3 Å². The van der Waals surface area contributed by atoms with E-state index in [0.717, 1.165) is 16.2 Å². The predicted molar refractivity (Wildman–Crippen MR) is 64.8 cm³/mol. The van der Waals surface area contributed by atoms with Crippen molar-refractivity contribution in [1.82, 2.24) is 0 Å². The molecule has 0 heterocycles. The lowest BCUT2D eigenvalue weighted by Crippen LogP contribution is -2.12. The van der Waals surface area contributed by atoms with Crippen LogP contribution in [0.5, 0.6) is 0 Å². The molecule has 0 aliphatic heterocycles. The van der Waals surface area contributed by atoms with Gasteiger partial charge in [-0.1, -0.05) is 6.07 Å². The van der Waals surface area contributed by atoms with Crippen molar-refractivity contribution in [2.24, 2.45) is 5.73 Å². The number of hydrogen-bond donors (Lipinski definition) is 2. The minimum Gasteiger partial charge on any atom is -0.384 e. The molecule has 0 radical (unpaired) electrons. The molecule has 4 heteroatoms. The maximum absolute atomic E-state index is 7.46. The number of benzene rings is 1. The topological polar surface area (TPSA) is 59.1 Å². The lowest BCUT2D eigenvalue weighted by Gasteiger charge is -2.08. The van der Waals surface area contributed by atoms with Crippen molar-refractivity contribution in [1.29, 1.82) is 5.41 Å². The summed E-state index contributed by atoms with van der Waals surface area (Å²) in [5.74, 6) is 0.996. The molecule has 1 rings (SSSR count). The Hall–Kier alpha value is -1.00. The van der Waals surface area contributed by atoms with Gasteiger partial charge in [-0.3, -0.25) is 5.41 Å². The van der Waals surface area contributed by atoms with Crippen LogP contribution in [-0.2, 0) is 4.74 Å². The summed E-state index contributed by atoms with van der Waals surface area (Å²) in [7, 11) is 1.68. The van der Waals surface area contributed by atoms with Crippen molar-refractivity contribution in [3.8, 4) is 0 Å². The average Bonchev–Trinajstić information content (AvgIpc) is 2.18. The van der Waals surface area contributed by atoms with Crippen LogP contribution in [0.25, 0.3) is 0 Å². The summed E-state index contributed by atoms with van der Waals surface area (Å²) in [5.41, 5.74) is 7.50. The standard InChI is InChI=1S/C11H16N2OS/c1-8-3-4-9(11(12)13)10(7-8)15-6-5-14-2/h3-4,7H,5-6H2,1-2H3,(H3,12,13). The summed E-state index contributed by atoms with van der Waals surface area (Å²) < 4.78 is 4.99. The van der Waals surface area contributed by atoms with E-state index in [4.69, 9.17) is 15.9 Å². The molecule has 0 spiro atoms. The molecule has 0 unspecified atom stereocenters. The van der Waals surface area contributed by atoms with Crippen LogP contribution in [0, 0.1) is 12.3 Å². The third-order valence-electron chi connectivity index (χ3n) is 1.97. The Bertz CT molecular complexity index is 352. The molecule has 1 aromatic carbocycles. The normalized spacial score (nSPS) is 10.3. The Morgan fingerprint density at radius 1 is 1.53 bits per heavy atom. The highest BCUT2D eigenvalue weighted by Crippen LogP contribution is 2.23. The predicted octanol–water partition coefficient (Wildman–Crippen LogP) is 2.02. The van der Waals surface area contributed by atoms with Crippen LogP contribution in [0.2, 0.25) is 0 Å². The molecule has 0 saturated carbocycles. The number of thioether (sulfide) groups is 1. The van der Waals surface area contributed by atoms with Gasteiger partial charge in [0.25, 0.3) is 0 Å². The Balaban J connectivity index is 2.82. The summed E-state index contributed by atoms with van der Waals surface area (Å²) in [6.07, 6.45) is 0. The second-order valence-electron chi connectivity index (χ2n) is 3.25. The van der Waals surface area contributed by atoms with Gasteiger partial charge < -0.3 is 10.5 Å². The molecule has 3 N–H and O–H groups in total. The zero-order valence-electron chi connectivity index (χ0n) is 9.04. The molecular formula is C11H16N2OS. The molecule has 1 aromatic rings. The first-order chi connectivity index (χ1) is 7.15. The van der Waals surface area contributed by atoms with Gasteiger partial charge in [-0.25, -0.2) is 0 Å². The second kappa shape index (κ2) is 5.78. The number of amidine groups is 1. The average molecular weight is 224 g/mol. The number of nitrogen functional groups attached to an aromatic ring is 1. The van der Waals surface area contributed by atoms with Crippen LogP contribution in [0.3, 0.4) is 0 Å². The van der Waals surface area contributed by atoms with Crippen LogP contribution >= 0.6 is 11.8 Å². The number of methoxy groups -OCH3 is 1. The Morgan fingerprint density at radius 2 is 2.27 bits per heavy atom. The summed E-state index contributed by atoms with van der Waals surface area (Å²) in [6.45, 7) is 2.74. The quantitative estimate of drug-likeness (QED) is 0.348. The Morgan fingerprint density at radius 3 is 2.87 bits per heavy atom. The third-order valence-corrected chi connectivity index (χ3v) is 2.99. The third kappa shape index (κ3) is 3.57. The van der Waals surface area contributed by atoms with E-state index < -0.39 is 0 Å². The SMILES string of the molecule is COCCSc1cc(C)ccc1C(=N)N. The zero-order chi connectivity index (χ0) is 11.3. The molecule has 0 saturated heterocycles. The monoisotopic (exact) mass is 224 g/mol. The van der Waals surface area contributed by atoms with Gasteiger partial charge in [0.15, 0.2) is 0 Å². The highest BCUT2D eigenvalue weighted by atomic mass is 32.2. The molecule has 0 atom stereocenters. The first-order valence-corrected chi connectivity index (χ1v) is 5.70.